The van der Waals surface area contributed by atoms with Crippen molar-refractivity contribution in [1.29, 1.82) is 0 Å². The van der Waals surface area contributed by atoms with Gasteiger partial charge in [0.1, 0.15) is 12.2 Å². The molecule has 0 spiro atoms. The topological polar surface area (TPSA) is 73.8 Å². The molecule has 3 aliphatic heterocycles. The molecule has 11 atom stereocenters. The third kappa shape index (κ3) is 6.61. The van der Waals surface area contributed by atoms with Gasteiger partial charge in [-0.15, -0.1) is 0 Å². The highest BCUT2D eigenvalue weighted by atomic mass is 16.9. The van der Waals surface area contributed by atoms with Gasteiger partial charge < -0.3 is 33.2 Å². The van der Waals surface area contributed by atoms with Crippen LogP contribution in [0.2, 0.25) is 0 Å². The van der Waals surface area contributed by atoms with Crippen LogP contribution in [0.5, 0.6) is 0 Å². The number of ether oxygens (including phenoxy) is 8. The van der Waals surface area contributed by atoms with E-state index >= 15 is 0 Å². The van der Waals surface area contributed by atoms with E-state index in [4.69, 9.17) is 37.9 Å². The maximum Gasteiger partial charge on any atom is 0.282 e. The van der Waals surface area contributed by atoms with Gasteiger partial charge in [-0.25, -0.2) is 0 Å². The Bertz CT molecular complexity index is 1050. The van der Waals surface area contributed by atoms with Gasteiger partial charge in [-0.1, -0.05) is 81.4 Å². The van der Waals surface area contributed by atoms with Gasteiger partial charge >= 0.3 is 0 Å². The molecule has 3 heterocycles. The van der Waals surface area contributed by atoms with Crippen molar-refractivity contribution in [2.45, 2.75) is 96.9 Å². The summed E-state index contributed by atoms with van der Waals surface area (Å²) in [6, 6.07) is 20.3. The van der Waals surface area contributed by atoms with Crippen molar-refractivity contribution in [1.82, 2.24) is 0 Å². The first-order valence-corrected chi connectivity index (χ1v) is 14.4. The predicted molar refractivity (Wildman–Crippen MR) is 148 cm³/mol. The zero-order chi connectivity index (χ0) is 28.3. The number of hydrogen-bond acceptors (Lipinski definition) is 8. The highest BCUT2D eigenvalue weighted by Gasteiger charge is 2.56. The Labute approximate surface area is 238 Å². The number of hydrogen-bond donors (Lipinski definition) is 0. The van der Waals surface area contributed by atoms with E-state index in [1.807, 2.05) is 43.3 Å². The number of benzene rings is 2. The Hall–Kier alpha value is -1.88. The molecule has 2 aromatic carbocycles. The smallest absolute Gasteiger partial charge is 0.282 e. The Morgan fingerprint density at radius 3 is 2.05 bits per heavy atom. The van der Waals surface area contributed by atoms with E-state index in [1.165, 1.54) is 0 Å². The third-order valence-electron chi connectivity index (χ3n) is 8.73. The van der Waals surface area contributed by atoms with Crippen LogP contribution in [0.15, 0.2) is 60.7 Å². The van der Waals surface area contributed by atoms with E-state index in [9.17, 15) is 0 Å². The molecule has 8 heteroatoms. The van der Waals surface area contributed by atoms with Crippen LogP contribution >= 0.6 is 0 Å². The second-order valence-corrected chi connectivity index (χ2v) is 11.5. The summed E-state index contributed by atoms with van der Waals surface area (Å²) in [6.45, 7) is 11.7. The highest BCUT2D eigenvalue weighted by molar-refractivity contribution is 5.14. The maximum atomic E-state index is 6.84. The minimum atomic E-state index is -1.20. The molecule has 0 radical (unpaired) electrons. The van der Waals surface area contributed by atoms with E-state index in [0.29, 0.717) is 19.8 Å². The summed E-state index contributed by atoms with van der Waals surface area (Å²) in [4.78, 5) is 0. The normalized spacial score (nSPS) is 39.6. The first kappa shape index (κ1) is 29.6. The molecule has 0 saturated carbocycles. The van der Waals surface area contributed by atoms with Crippen LogP contribution in [0.4, 0.5) is 0 Å². The molecule has 0 N–H and O–H groups in total. The van der Waals surface area contributed by atoms with Gasteiger partial charge in [0, 0.05) is 20.0 Å². The molecular formula is C32H44O8. The van der Waals surface area contributed by atoms with Gasteiger partial charge in [-0.3, -0.25) is 4.74 Å². The summed E-state index contributed by atoms with van der Waals surface area (Å²) in [5, 5.41) is 0. The second-order valence-electron chi connectivity index (χ2n) is 11.5. The molecule has 0 aliphatic carbocycles. The lowest BCUT2D eigenvalue weighted by molar-refractivity contribution is -0.336. The van der Waals surface area contributed by atoms with E-state index in [2.05, 4.69) is 45.0 Å². The largest absolute Gasteiger partial charge is 0.374 e. The van der Waals surface area contributed by atoms with Gasteiger partial charge in [0.25, 0.3) is 5.97 Å². The van der Waals surface area contributed by atoms with E-state index in [1.54, 1.807) is 14.0 Å². The van der Waals surface area contributed by atoms with Crippen molar-refractivity contribution < 1.29 is 37.9 Å². The van der Waals surface area contributed by atoms with Gasteiger partial charge in [0.2, 0.25) is 0 Å². The van der Waals surface area contributed by atoms with Crippen LogP contribution in [0.3, 0.4) is 0 Å². The molecule has 220 valence electrons. The first-order chi connectivity index (χ1) is 19.3. The molecule has 3 fully saturated rings. The number of fused-ring (bicyclic) bond motifs is 1. The lowest BCUT2D eigenvalue weighted by atomic mass is 9.83. The number of methoxy groups -OCH3 is 1. The molecule has 0 bridgehead atoms. The SMILES string of the molecule is COC1(C)OC2[C@H](OC(C)[C@H](C)[C@@H]2O[C@H]2O[C@@H](COCc3ccccc3)[C@@H](C)C(C)C2OCc2ccccc2)O1. The molecule has 40 heavy (non-hydrogen) atoms. The second kappa shape index (κ2) is 13.0. The van der Waals surface area contributed by atoms with Crippen LogP contribution in [-0.4, -0.2) is 62.8 Å². The average Bonchev–Trinajstić information content (AvgIpc) is 3.31. The summed E-state index contributed by atoms with van der Waals surface area (Å²) < 4.78 is 50.0. The van der Waals surface area contributed by atoms with Gasteiger partial charge in [-0.2, -0.15) is 0 Å². The van der Waals surface area contributed by atoms with E-state index in [-0.39, 0.29) is 42.2 Å². The van der Waals surface area contributed by atoms with E-state index in [0.717, 1.165) is 11.1 Å². The summed E-state index contributed by atoms with van der Waals surface area (Å²) in [5.41, 5.74) is 2.23. The van der Waals surface area contributed by atoms with Crippen LogP contribution in [0.1, 0.15) is 45.7 Å². The standard InChI is InChI=1S/C32H44O8/c1-20-21(2)28(35-18-25-15-11-8-12-16-25)30(37-26(20)19-34-17-24-13-9-7-10-14-24)38-27-22(3)23(4)36-31-29(27)39-32(5,33-6)40-31/h7-16,20-23,26-31H,17-19H2,1-6H3/t20-,21?,22-,23?,26-,27-,28?,29?,30+,31+,32?/m0/s1. The van der Waals surface area contributed by atoms with Crippen molar-refractivity contribution >= 4 is 0 Å². The molecule has 0 aromatic heterocycles. The monoisotopic (exact) mass is 556 g/mol. The quantitative estimate of drug-likeness (QED) is 0.391. The number of rotatable bonds is 10. The molecule has 2 aromatic rings. The van der Waals surface area contributed by atoms with Crippen LogP contribution in [0, 0.1) is 17.8 Å². The molecule has 0 amide bonds. The summed E-state index contributed by atoms with van der Waals surface area (Å²) in [7, 11) is 1.56. The summed E-state index contributed by atoms with van der Waals surface area (Å²) >= 11 is 0. The summed E-state index contributed by atoms with van der Waals surface area (Å²) in [5.74, 6) is -0.837. The van der Waals surface area contributed by atoms with Crippen LogP contribution in [0.25, 0.3) is 0 Å². The maximum absolute atomic E-state index is 6.84. The minimum Gasteiger partial charge on any atom is -0.374 e. The zero-order valence-corrected chi connectivity index (χ0v) is 24.4. The third-order valence-corrected chi connectivity index (χ3v) is 8.73. The van der Waals surface area contributed by atoms with Crippen molar-refractivity contribution in [3.05, 3.63) is 71.8 Å². The zero-order valence-electron chi connectivity index (χ0n) is 24.4. The molecule has 8 nitrogen and oxygen atoms in total. The predicted octanol–water partition coefficient (Wildman–Crippen LogP) is 5.29. The Kier molecular flexibility index (Phi) is 9.60. The van der Waals surface area contributed by atoms with Crippen molar-refractivity contribution in [3.8, 4) is 0 Å². The van der Waals surface area contributed by atoms with Crippen molar-refractivity contribution in [3.63, 3.8) is 0 Å². The minimum absolute atomic E-state index is 0.0184. The van der Waals surface area contributed by atoms with Gasteiger partial charge in [0.15, 0.2) is 12.6 Å². The molecule has 5 unspecified atom stereocenters. The Morgan fingerprint density at radius 2 is 1.40 bits per heavy atom. The molecule has 3 saturated heterocycles. The van der Waals surface area contributed by atoms with Crippen molar-refractivity contribution in [2.24, 2.45) is 17.8 Å². The molecule has 3 aliphatic rings. The first-order valence-electron chi connectivity index (χ1n) is 14.4. The lowest BCUT2D eigenvalue weighted by Crippen LogP contribution is -2.58. The van der Waals surface area contributed by atoms with Crippen LogP contribution in [-0.2, 0) is 51.1 Å². The fourth-order valence-electron chi connectivity index (χ4n) is 5.71. The van der Waals surface area contributed by atoms with Gasteiger partial charge in [-0.05, 0) is 29.9 Å². The molecule has 5 rings (SSSR count). The van der Waals surface area contributed by atoms with E-state index < -0.39 is 24.7 Å². The summed E-state index contributed by atoms with van der Waals surface area (Å²) in [6.07, 6.45) is -2.62. The highest BCUT2D eigenvalue weighted by Crippen LogP contribution is 2.42. The fourth-order valence-corrected chi connectivity index (χ4v) is 5.71. The average molecular weight is 557 g/mol. The van der Waals surface area contributed by atoms with Crippen LogP contribution < -0.4 is 0 Å². The lowest BCUT2D eigenvalue weighted by Gasteiger charge is -2.47. The molecular weight excluding hydrogens is 512 g/mol. The van der Waals surface area contributed by atoms with Gasteiger partial charge in [0.05, 0.1) is 38.1 Å². The van der Waals surface area contributed by atoms with Crippen molar-refractivity contribution in [2.75, 3.05) is 13.7 Å². The Morgan fingerprint density at radius 1 is 0.750 bits per heavy atom. The fraction of sp³-hybridized carbons (Fsp3) is 0.625. The Balaban J connectivity index is 1.33.